The molecule has 0 saturated heterocycles. The van der Waals surface area contributed by atoms with Crippen LogP contribution in [0.1, 0.15) is 15.9 Å². The van der Waals surface area contributed by atoms with E-state index in [1.165, 1.54) is 0 Å². The molecule has 1 aromatic carbocycles. The highest BCUT2D eigenvalue weighted by atomic mass is 16.5. The lowest BCUT2D eigenvalue weighted by Crippen LogP contribution is -2.28. The van der Waals surface area contributed by atoms with E-state index in [1.54, 1.807) is 32.6 Å². The van der Waals surface area contributed by atoms with Crippen LogP contribution in [0, 0.1) is 0 Å². The summed E-state index contributed by atoms with van der Waals surface area (Å²) in [6.07, 6.45) is 3.82. The molecule has 0 fully saturated rings. The zero-order valence-corrected chi connectivity index (χ0v) is 15.3. The number of hydrogen-bond acceptors (Lipinski definition) is 4. The molecule has 7 heteroatoms. The van der Waals surface area contributed by atoms with Crippen LogP contribution in [0.25, 0.3) is 22.2 Å². The van der Waals surface area contributed by atoms with E-state index >= 15 is 0 Å². The van der Waals surface area contributed by atoms with Gasteiger partial charge in [-0.15, -0.1) is 0 Å². The highest BCUT2D eigenvalue weighted by Crippen LogP contribution is 2.25. The first-order chi connectivity index (χ1) is 13.1. The van der Waals surface area contributed by atoms with Crippen LogP contribution < -0.4 is 10.6 Å². The molecule has 3 N–H and O–H groups in total. The number of aromatic nitrogens is 2. The number of carbonyl (C=O) groups excluding carboxylic acids is 2. The van der Waals surface area contributed by atoms with Crippen molar-refractivity contribution in [2.75, 3.05) is 27.3 Å². The van der Waals surface area contributed by atoms with E-state index in [9.17, 15) is 9.59 Å². The van der Waals surface area contributed by atoms with Crippen LogP contribution in [0.3, 0.4) is 0 Å². The van der Waals surface area contributed by atoms with Gasteiger partial charge < -0.3 is 20.4 Å². The van der Waals surface area contributed by atoms with Crippen molar-refractivity contribution in [3.8, 4) is 11.1 Å². The van der Waals surface area contributed by atoms with Gasteiger partial charge in [-0.3, -0.25) is 9.59 Å². The van der Waals surface area contributed by atoms with Gasteiger partial charge in [-0.1, -0.05) is 12.1 Å². The highest BCUT2D eigenvalue weighted by Gasteiger charge is 2.12. The SMILES string of the molecule is CNC(=O)c1cccc(-c2cnc3[nH]cc(CC(=O)NCCOC)c3c2)c1. The van der Waals surface area contributed by atoms with Crippen LogP contribution >= 0.6 is 0 Å². The number of amides is 2. The monoisotopic (exact) mass is 366 g/mol. The molecule has 2 amide bonds. The van der Waals surface area contributed by atoms with Crippen molar-refractivity contribution >= 4 is 22.8 Å². The van der Waals surface area contributed by atoms with Crippen LogP contribution in [0.5, 0.6) is 0 Å². The maximum atomic E-state index is 12.1. The van der Waals surface area contributed by atoms with Gasteiger partial charge in [0.05, 0.1) is 13.0 Å². The molecule has 0 spiro atoms. The van der Waals surface area contributed by atoms with E-state index in [0.29, 0.717) is 18.7 Å². The predicted octanol–water partition coefficient (Wildman–Crippen LogP) is 1.89. The van der Waals surface area contributed by atoms with Gasteiger partial charge in [0.15, 0.2) is 0 Å². The average molecular weight is 366 g/mol. The number of methoxy groups -OCH3 is 1. The number of rotatable bonds is 7. The summed E-state index contributed by atoms with van der Waals surface area (Å²) in [4.78, 5) is 31.5. The molecule has 3 aromatic rings. The third kappa shape index (κ3) is 4.32. The quantitative estimate of drug-likeness (QED) is 0.557. The third-order valence-electron chi connectivity index (χ3n) is 4.28. The molecule has 7 nitrogen and oxygen atoms in total. The molecule has 0 unspecified atom stereocenters. The number of pyridine rings is 1. The van der Waals surface area contributed by atoms with E-state index in [0.717, 1.165) is 27.7 Å². The first kappa shape index (κ1) is 18.6. The fraction of sp³-hybridized carbons (Fsp3) is 0.250. The Morgan fingerprint density at radius 1 is 1.22 bits per heavy atom. The first-order valence-electron chi connectivity index (χ1n) is 8.66. The molecule has 0 bridgehead atoms. The van der Waals surface area contributed by atoms with Crippen molar-refractivity contribution in [2.45, 2.75) is 6.42 Å². The number of hydrogen-bond donors (Lipinski definition) is 3. The summed E-state index contributed by atoms with van der Waals surface area (Å²) < 4.78 is 4.94. The van der Waals surface area contributed by atoms with E-state index in [2.05, 4.69) is 20.6 Å². The first-order valence-corrected chi connectivity index (χ1v) is 8.66. The second-order valence-corrected chi connectivity index (χ2v) is 6.11. The Kier molecular flexibility index (Phi) is 5.83. The van der Waals surface area contributed by atoms with E-state index in [4.69, 9.17) is 4.74 Å². The second kappa shape index (κ2) is 8.46. The Morgan fingerprint density at radius 3 is 2.85 bits per heavy atom. The molecular weight excluding hydrogens is 344 g/mol. The van der Waals surface area contributed by atoms with Gasteiger partial charge in [0.25, 0.3) is 5.91 Å². The minimum atomic E-state index is -0.138. The maximum absolute atomic E-state index is 12.1. The van der Waals surface area contributed by atoms with Gasteiger partial charge in [0.2, 0.25) is 5.91 Å². The van der Waals surface area contributed by atoms with Crippen LogP contribution in [-0.4, -0.2) is 49.1 Å². The van der Waals surface area contributed by atoms with Gasteiger partial charge in [-0.2, -0.15) is 0 Å². The molecular formula is C20H22N4O3. The maximum Gasteiger partial charge on any atom is 0.251 e. The minimum Gasteiger partial charge on any atom is -0.383 e. The molecule has 27 heavy (non-hydrogen) atoms. The molecule has 0 atom stereocenters. The molecule has 0 aliphatic carbocycles. The average Bonchev–Trinajstić information content (AvgIpc) is 3.09. The third-order valence-corrected chi connectivity index (χ3v) is 4.28. The fourth-order valence-corrected chi connectivity index (χ4v) is 2.87. The smallest absolute Gasteiger partial charge is 0.251 e. The molecule has 2 heterocycles. The van der Waals surface area contributed by atoms with Crippen LogP contribution in [0.4, 0.5) is 0 Å². The number of ether oxygens (including phenoxy) is 1. The topological polar surface area (TPSA) is 96.1 Å². The van der Waals surface area contributed by atoms with Crippen molar-refractivity contribution in [1.29, 1.82) is 0 Å². The van der Waals surface area contributed by atoms with Gasteiger partial charge in [-0.05, 0) is 29.3 Å². The lowest BCUT2D eigenvalue weighted by Gasteiger charge is -2.06. The number of fused-ring (bicyclic) bond motifs is 1. The highest BCUT2D eigenvalue weighted by molar-refractivity contribution is 5.95. The number of H-pyrrole nitrogens is 1. The van der Waals surface area contributed by atoms with Crippen molar-refractivity contribution in [3.05, 3.63) is 53.9 Å². The van der Waals surface area contributed by atoms with Crippen LogP contribution in [0.15, 0.2) is 42.7 Å². The summed E-state index contributed by atoms with van der Waals surface area (Å²) in [7, 11) is 3.20. The van der Waals surface area contributed by atoms with Gasteiger partial charge >= 0.3 is 0 Å². The zero-order chi connectivity index (χ0) is 19.2. The van der Waals surface area contributed by atoms with E-state index in [-0.39, 0.29) is 18.2 Å². The Balaban J connectivity index is 1.87. The minimum absolute atomic E-state index is 0.0695. The second-order valence-electron chi connectivity index (χ2n) is 6.11. The summed E-state index contributed by atoms with van der Waals surface area (Å²) in [6, 6.07) is 9.34. The molecule has 2 aromatic heterocycles. The zero-order valence-electron chi connectivity index (χ0n) is 15.3. The van der Waals surface area contributed by atoms with Crippen molar-refractivity contribution in [1.82, 2.24) is 20.6 Å². The van der Waals surface area contributed by atoms with Gasteiger partial charge in [-0.25, -0.2) is 4.98 Å². The largest absolute Gasteiger partial charge is 0.383 e. The normalized spacial score (nSPS) is 10.7. The van der Waals surface area contributed by atoms with Gasteiger partial charge in [0.1, 0.15) is 5.65 Å². The summed E-state index contributed by atoms with van der Waals surface area (Å²) in [6.45, 7) is 0.959. The summed E-state index contributed by atoms with van der Waals surface area (Å²) in [5.74, 6) is -0.207. The lowest BCUT2D eigenvalue weighted by atomic mass is 10.0. The number of nitrogens with zero attached hydrogens (tertiary/aromatic N) is 1. The van der Waals surface area contributed by atoms with Gasteiger partial charge in [0, 0.05) is 49.6 Å². The number of benzene rings is 1. The van der Waals surface area contributed by atoms with E-state index < -0.39 is 0 Å². The lowest BCUT2D eigenvalue weighted by molar-refractivity contribution is -0.120. The molecule has 0 saturated carbocycles. The standard InChI is InChI=1S/C20H22N4O3/c1-21-20(26)14-5-3-4-13(8-14)15-9-17-16(12-24-19(17)23-11-15)10-18(25)22-6-7-27-2/h3-5,8-9,11-12H,6-7,10H2,1-2H3,(H,21,26)(H,22,25)(H,23,24). The summed E-state index contributed by atoms with van der Waals surface area (Å²) in [5.41, 5.74) is 3.95. The molecule has 140 valence electrons. The summed E-state index contributed by atoms with van der Waals surface area (Å²) >= 11 is 0. The van der Waals surface area contributed by atoms with Crippen LogP contribution in [-0.2, 0) is 16.0 Å². The Morgan fingerprint density at radius 2 is 2.07 bits per heavy atom. The molecule has 0 aliphatic rings. The Bertz CT molecular complexity index is 965. The predicted molar refractivity (Wildman–Crippen MR) is 104 cm³/mol. The number of aromatic amines is 1. The molecule has 0 aliphatic heterocycles. The Labute approximate surface area is 157 Å². The van der Waals surface area contributed by atoms with E-state index in [1.807, 2.05) is 24.3 Å². The number of carbonyl (C=O) groups is 2. The van der Waals surface area contributed by atoms with Crippen molar-refractivity contribution in [3.63, 3.8) is 0 Å². The Hall–Kier alpha value is -3.19. The number of nitrogens with one attached hydrogen (secondary N) is 3. The van der Waals surface area contributed by atoms with Crippen LogP contribution in [0.2, 0.25) is 0 Å². The van der Waals surface area contributed by atoms with Crippen molar-refractivity contribution < 1.29 is 14.3 Å². The fourth-order valence-electron chi connectivity index (χ4n) is 2.87. The summed E-state index contributed by atoms with van der Waals surface area (Å²) in [5, 5.41) is 6.33. The molecule has 0 radical (unpaired) electrons. The molecule has 3 rings (SSSR count). The van der Waals surface area contributed by atoms with Crippen molar-refractivity contribution in [2.24, 2.45) is 0 Å².